The lowest BCUT2D eigenvalue weighted by molar-refractivity contribution is 0.919. The SMILES string of the molecule is C=C(C)CC(Cl)C(C)=C(C)C. The van der Waals surface area contributed by atoms with Crippen LogP contribution in [0.25, 0.3) is 0 Å². The van der Waals surface area contributed by atoms with Crippen molar-refractivity contribution in [1.29, 1.82) is 0 Å². The Labute approximate surface area is 74.9 Å². The molecule has 64 valence electrons. The predicted molar refractivity (Wildman–Crippen MR) is 53.1 cm³/mol. The number of rotatable bonds is 3. The molecule has 0 aliphatic carbocycles. The first-order chi connectivity index (χ1) is 4.95. The highest BCUT2D eigenvalue weighted by Gasteiger charge is 2.07. The van der Waals surface area contributed by atoms with Crippen LogP contribution in [0.2, 0.25) is 0 Å². The van der Waals surface area contributed by atoms with Crippen LogP contribution in [0.4, 0.5) is 0 Å². The van der Waals surface area contributed by atoms with Gasteiger partial charge in [-0.3, -0.25) is 0 Å². The molecule has 11 heavy (non-hydrogen) atoms. The van der Waals surface area contributed by atoms with Crippen LogP contribution >= 0.6 is 11.6 Å². The summed E-state index contributed by atoms with van der Waals surface area (Å²) >= 11 is 6.10. The van der Waals surface area contributed by atoms with Gasteiger partial charge in [0.1, 0.15) is 0 Å². The number of hydrogen-bond acceptors (Lipinski definition) is 0. The quantitative estimate of drug-likeness (QED) is 0.447. The van der Waals surface area contributed by atoms with E-state index in [1.54, 1.807) is 0 Å². The minimum absolute atomic E-state index is 0.137. The summed E-state index contributed by atoms with van der Waals surface area (Å²) in [6, 6.07) is 0. The van der Waals surface area contributed by atoms with E-state index in [1.165, 1.54) is 11.1 Å². The summed E-state index contributed by atoms with van der Waals surface area (Å²) in [7, 11) is 0. The summed E-state index contributed by atoms with van der Waals surface area (Å²) < 4.78 is 0. The smallest absolute Gasteiger partial charge is 0.0581 e. The molecular weight excluding hydrogens is 156 g/mol. The van der Waals surface area contributed by atoms with Crippen LogP contribution < -0.4 is 0 Å². The number of alkyl halides is 1. The van der Waals surface area contributed by atoms with Gasteiger partial charge in [-0.05, 0) is 34.1 Å². The molecule has 0 aromatic rings. The van der Waals surface area contributed by atoms with Gasteiger partial charge in [0.2, 0.25) is 0 Å². The first kappa shape index (κ1) is 10.8. The normalized spacial score (nSPS) is 12.5. The van der Waals surface area contributed by atoms with Crippen molar-refractivity contribution < 1.29 is 0 Å². The van der Waals surface area contributed by atoms with Gasteiger partial charge >= 0.3 is 0 Å². The summed E-state index contributed by atoms with van der Waals surface area (Å²) in [5.41, 5.74) is 3.73. The fourth-order valence-corrected chi connectivity index (χ4v) is 1.25. The second-order valence-corrected chi connectivity index (χ2v) is 3.84. The average Bonchev–Trinajstić information content (AvgIpc) is 1.84. The molecule has 0 aromatic carbocycles. The second-order valence-electron chi connectivity index (χ2n) is 3.31. The van der Waals surface area contributed by atoms with Crippen molar-refractivity contribution in [2.24, 2.45) is 0 Å². The van der Waals surface area contributed by atoms with Gasteiger partial charge in [-0.2, -0.15) is 0 Å². The summed E-state index contributed by atoms with van der Waals surface area (Å²) in [4.78, 5) is 0. The van der Waals surface area contributed by atoms with Crippen LogP contribution in [0.1, 0.15) is 34.1 Å². The standard InChI is InChI=1S/C10H17Cl/c1-7(2)6-10(11)9(5)8(3)4/h10H,1,6H2,2-5H3. The van der Waals surface area contributed by atoms with E-state index < -0.39 is 0 Å². The van der Waals surface area contributed by atoms with Gasteiger partial charge in [0, 0.05) is 0 Å². The van der Waals surface area contributed by atoms with Crippen molar-refractivity contribution >= 4 is 11.6 Å². The van der Waals surface area contributed by atoms with E-state index in [-0.39, 0.29) is 5.38 Å². The number of allylic oxidation sites excluding steroid dienone is 3. The zero-order valence-electron chi connectivity index (χ0n) is 7.87. The van der Waals surface area contributed by atoms with Crippen LogP contribution in [0.3, 0.4) is 0 Å². The van der Waals surface area contributed by atoms with E-state index in [4.69, 9.17) is 11.6 Å². The minimum atomic E-state index is 0.137. The lowest BCUT2D eigenvalue weighted by atomic mass is 10.0. The van der Waals surface area contributed by atoms with E-state index in [2.05, 4.69) is 27.4 Å². The molecule has 0 fully saturated rings. The van der Waals surface area contributed by atoms with Crippen LogP contribution in [-0.4, -0.2) is 5.38 Å². The molecular formula is C10H17Cl. The van der Waals surface area contributed by atoms with Crippen LogP contribution in [0.5, 0.6) is 0 Å². The van der Waals surface area contributed by atoms with E-state index in [9.17, 15) is 0 Å². The molecule has 0 bridgehead atoms. The summed E-state index contributed by atoms with van der Waals surface area (Å²) in [6.45, 7) is 12.1. The topological polar surface area (TPSA) is 0 Å². The molecule has 1 heteroatoms. The Kier molecular flexibility index (Phi) is 4.51. The molecule has 0 saturated carbocycles. The van der Waals surface area contributed by atoms with E-state index >= 15 is 0 Å². The highest BCUT2D eigenvalue weighted by molar-refractivity contribution is 6.22. The molecule has 1 unspecified atom stereocenters. The largest absolute Gasteiger partial charge is 0.118 e. The maximum atomic E-state index is 6.10. The molecule has 0 N–H and O–H groups in total. The van der Waals surface area contributed by atoms with Crippen molar-refractivity contribution in [3.05, 3.63) is 23.3 Å². The number of hydrogen-bond donors (Lipinski definition) is 0. The highest BCUT2D eigenvalue weighted by atomic mass is 35.5. The molecule has 0 spiro atoms. The van der Waals surface area contributed by atoms with E-state index in [1.807, 2.05) is 6.92 Å². The van der Waals surface area contributed by atoms with Crippen molar-refractivity contribution in [2.75, 3.05) is 0 Å². The van der Waals surface area contributed by atoms with Gasteiger partial charge < -0.3 is 0 Å². The van der Waals surface area contributed by atoms with Gasteiger partial charge in [0.05, 0.1) is 5.38 Å². The number of halogens is 1. The molecule has 0 amide bonds. The van der Waals surface area contributed by atoms with Gasteiger partial charge in [-0.1, -0.05) is 16.7 Å². The zero-order chi connectivity index (χ0) is 9.02. The van der Waals surface area contributed by atoms with Crippen molar-refractivity contribution in [2.45, 2.75) is 39.5 Å². The fourth-order valence-electron chi connectivity index (χ4n) is 0.772. The molecule has 0 radical (unpaired) electrons. The summed E-state index contributed by atoms with van der Waals surface area (Å²) in [6.07, 6.45) is 0.887. The third-order valence-electron chi connectivity index (χ3n) is 1.79. The minimum Gasteiger partial charge on any atom is -0.118 e. The Morgan fingerprint density at radius 3 is 2.00 bits per heavy atom. The van der Waals surface area contributed by atoms with Gasteiger partial charge in [0.25, 0.3) is 0 Å². The first-order valence-corrected chi connectivity index (χ1v) is 4.31. The molecule has 0 aliphatic heterocycles. The Balaban J connectivity index is 4.15. The maximum absolute atomic E-state index is 6.10. The van der Waals surface area contributed by atoms with Crippen LogP contribution in [0, 0.1) is 0 Å². The van der Waals surface area contributed by atoms with Gasteiger partial charge in [0.15, 0.2) is 0 Å². The Morgan fingerprint density at radius 2 is 1.73 bits per heavy atom. The Morgan fingerprint density at radius 1 is 1.27 bits per heavy atom. The van der Waals surface area contributed by atoms with E-state index in [0.29, 0.717) is 0 Å². The van der Waals surface area contributed by atoms with Crippen molar-refractivity contribution in [3.8, 4) is 0 Å². The molecule has 0 rings (SSSR count). The molecule has 1 atom stereocenters. The summed E-state index contributed by atoms with van der Waals surface area (Å²) in [5.74, 6) is 0. The lowest BCUT2D eigenvalue weighted by Crippen LogP contribution is -2.01. The Bertz CT molecular complexity index is 173. The molecule has 0 nitrogen and oxygen atoms in total. The average molecular weight is 173 g/mol. The third-order valence-corrected chi connectivity index (χ3v) is 2.27. The van der Waals surface area contributed by atoms with E-state index in [0.717, 1.165) is 12.0 Å². The lowest BCUT2D eigenvalue weighted by Gasteiger charge is -2.11. The second kappa shape index (κ2) is 4.61. The molecule has 0 aromatic heterocycles. The van der Waals surface area contributed by atoms with Gasteiger partial charge in [-0.15, -0.1) is 18.2 Å². The molecule has 0 aliphatic rings. The maximum Gasteiger partial charge on any atom is 0.0581 e. The van der Waals surface area contributed by atoms with Gasteiger partial charge in [-0.25, -0.2) is 0 Å². The third kappa shape index (κ3) is 4.26. The molecule has 0 saturated heterocycles. The first-order valence-electron chi connectivity index (χ1n) is 3.87. The van der Waals surface area contributed by atoms with Crippen molar-refractivity contribution in [1.82, 2.24) is 0 Å². The fraction of sp³-hybridized carbons (Fsp3) is 0.600. The highest BCUT2D eigenvalue weighted by Crippen LogP contribution is 2.19. The zero-order valence-corrected chi connectivity index (χ0v) is 8.63. The summed E-state index contributed by atoms with van der Waals surface area (Å²) in [5, 5.41) is 0.137. The molecule has 0 heterocycles. The van der Waals surface area contributed by atoms with Crippen molar-refractivity contribution in [3.63, 3.8) is 0 Å². The Hall–Kier alpha value is -0.230. The monoisotopic (exact) mass is 172 g/mol. The van der Waals surface area contributed by atoms with Crippen LogP contribution in [0.15, 0.2) is 23.3 Å². The van der Waals surface area contributed by atoms with Crippen LogP contribution in [-0.2, 0) is 0 Å². The predicted octanol–water partition coefficient (Wildman–Crippen LogP) is 3.92.